The molecule has 0 atom stereocenters. The maximum absolute atomic E-state index is 12.1. The van der Waals surface area contributed by atoms with Crippen LogP contribution in [0.25, 0.3) is 20.7 Å². The molecule has 1 aliphatic heterocycles. The van der Waals surface area contributed by atoms with Crippen molar-refractivity contribution in [3.63, 3.8) is 0 Å². The molecule has 1 amide bonds. The maximum atomic E-state index is 12.1. The molecule has 1 aliphatic rings. The van der Waals surface area contributed by atoms with Crippen LogP contribution in [0.2, 0.25) is 0 Å². The summed E-state index contributed by atoms with van der Waals surface area (Å²) >= 11 is 1.71. The van der Waals surface area contributed by atoms with E-state index in [9.17, 15) is 4.79 Å². The van der Waals surface area contributed by atoms with E-state index in [-0.39, 0.29) is 11.9 Å². The molecule has 0 aliphatic carbocycles. The smallest absolute Gasteiger partial charge is 0.251 e. The van der Waals surface area contributed by atoms with Gasteiger partial charge in [0, 0.05) is 36.1 Å². The van der Waals surface area contributed by atoms with Crippen LogP contribution in [-0.4, -0.2) is 48.7 Å². The molecule has 0 bridgehead atoms. The molecule has 0 spiro atoms. The van der Waals surface area contributed by atoms with Gasteiger partial charge in [-0.15, -0.1) is 11.3 Å². The first-order valence-electron chi connectivity index (χ1n) is 11.8. The first kappa shape index (κ1) is 24.8. The fourth-order valence-electron chi connectivity index (χ4n) is 3.96. The summed E-state index contributed by atoms with van der Waals surface area (Å²) in [6, 6.07) is 16.2. The van der Waals surface area contributed by atoms with Crippen LogP contribution >= 0.6 is 11.3 Å². The van der Waals surface area contributed by atoms with E-state index in [4.69, 9.17) is 10.5 Å². The van der Waals surface area contributed by atoms with Crippen molar-refractivity contribution >= 4 is 33.3 Å². The minimum Gasteiger partial charge on any atom is -0.379 e. The van der Waals surface area contributed by atoms with Gasteiger partial charge < -0.3 is 21.1 Å². The number of rotatable bonds is 5. The molecular formula is C27H31N5O2S. The fourth-order valence-corrected chi connectivity index (χ4v) is 5.12. The van der Waals surface area contributed by atoms with Crippen LogP contribution in [0.1, 0.15) is 34.0 Å². The number of carbonyl (C=O) groups excluding carboxylic acids is 1. The summed E-state index contributed by atoms with van der Waals surface area (Å²) in [7, 11) is 0. The third-order valence-corrected chi connectivity index (χ3v) is 6.98. The Balaban J connectivity index is 0.000000421. The van der Waals surface area contributed by atoms with Crippen molar-refractivity contribution < 1.29 is 9.53 Å². The maximum Gasteiger partial charge on any atom is 0.251 e. The summed E-state index contributed by atoms with van der Waals surface area (Å²) in [5, 5.41) is 7.23. The molecule has 2 aromatic heterocycles. The lowest BCUT2D eigenvalue weighted by molar-refractivity contribution is 0.0955. The van der Waals surface area contributed by atoms with Crippen LogP contribution in [0, 0.1) is 6.92 Å². The quantitative estimate of drug-likeness (QED) is 0.388. The van der Waals surface area contributed by atoms with E-state index in [2.05, 4.69) is 51.8 Å². The third-order valence-electron chi connectivity index (χ3n) is 5.69. The number of nitrogens with one attached hydrogen (secondary N) is 2. The first-order valence-corrected chi connectivity index (χ1v) is 12.6. The molecule has 35 heavy (non-hydrogen) atoms. The van der Waals surface area contributed by atoms with Crippen molar-refractivity contribution in [3.8, 4) is 10.6 Å². The Labute approximate surface area is 209 Å². The molecule has 0 saturated carbocycles. The molecule has 5 rings (SSSR count). The average Bonchev–Trinajstić information content (AvgIpc) is 3.22. The second-order valence-corrected chi connectivity index (χ2v) is 9.34. The molecule has 7 nitrogen and oxygen atoms in total. The van der Waals surface area contributed by atoms with Crippen molar-refractivity contribution in [2.24, 2.45) is 0 Å². The lowest BCUT2D eigenvalue weighted by Crippen LogP contribution is -2.30. The van der Waals surface area contributed by atoms with Gasteiger partial charge >= 0.3 is 0 Å². The van der Waals surface area contributed by atoms with E-state index >= 15 is 0 Å². The van der Waals surface area contributed by atoms with Gasteiger partial charge in [-0.1, -0.05) is 18.2 Å². The van der Waals surface area contributed by atoms with Crippen LogP contribution in [0.3, 0.4) is 0 Å². The Morgan fingerprint density at radius 2 is 1.94 bits per heavy atom. The van der Waals surface area contributed by atoms with E-state index in [1.165, 1.54) is 21.2 Å². The number of aromatic nitrogens is 2. The highest BCUT2D eigenvalue weighted by Gasteiger charge is 2.13. The highest BCUT2D eigenvalue weighted by Crippen LogP contribution is 2.38. The summed E-state index contributed by atoms with van der Waals surface area (Å²) in [4.78, 5) is 21.6. The number of hydrogen-bond acceptors (Lipinski definition) is 7. The van der Waals surface area contributed by atoms with Crippen LogP contribution in [0.15, 0.2) is 54.7 Å². The zero-order chi connectivity index (χ0) is 24.6. The molecule has 4 aromatic rings. The van der Waals surface area contributed by atoms with Crippen molar-refractivity contribution in [2.45, 2.75) is 20.3 Å². The number of ether oxygens (including phenoxy) is 1. The molecule has 1 fully saturated rings. The standard InChI is InChI=1S/C23H22N4OS.C4H9NO/c1-3-25-22(28)17-6-4-5-15(12-17)11-16-7-8-20-18(13-16)14(2)21(29-20)19-9-10-26-23(24)27-19;1-3-6-4-2-5-1/h4-10,12-13H,3,11H2,1-2H3,(H,25,28)(H2,24,26,27);5H,1-4H2. The molecule has 1 saturated heterocycles. The summed E-state index contributed by atoms with van der Waals surface area (Å²) in [6.45, 7) is 8.49. The molecule has 3 heterocycles. The molecule has 0 unspecified atom stereocenters. The second-order valence-electron chi connectivity index (χ2n) is 8.29. The van der Waals surface area contributed by atoms with Gasteiger partial charge in [-0.05, 0) is 72.7 Å². The van der Waals surface area contributed by atoms with Crippen molar-refractivity contribution in [1.82, 2.24) is 20.6 Å². The molecule has 8 heteroatoms. The van der Waals surface area contributed by atoms with E-state index in [1.54, 1.807) is 17.5 Å². The van der Waals surface area contributed by atoms with Gasteiger partial charge in [-0.2, -0.15) is 0 Å². The topological polar surface area (TPSA) is 102 Å². The summed E-state index contributed by atoms with van der Waals surface area (Å²) in [5.41, 5.74) is 10.8. The van der Waals surface area contributed by atoms with Crippen molar-refractivity contribution in [3.05, 3.63) is 77.0 Å². The Morgan fingerprint density at radius 3 is 2.63 bits per heavy atom. The van der Waals surface area contributed by atoms with Gasteiger partial charge in [-0.25, -0.2) is 9.97 Å². The van der Waals surface area contributed by atoms with Gasteiger partial charge in [-0.3, -0.25) is 4.79 Å². The van der Waals surface area contributed by atoms with Crippen molar-refractivity contribution in [1.29, 1.82) is 0 Å². The number of aryl methyl sites for hydroxylation is 1. The van der Waals surface area contributed by atoms with Gasteiger partial charge in [0.1, 0.15) is 0 Å². The lowest BCUT2D eigenvalue weighted by atomic mass is 10.0. The third kappa shape index (κ3) is 6.42. The largest absolute Gasteiger partial charge is 0.379 e. The highest BCUT2D eigenvalue weighted by molar-refractivity contribution is 7.22. The zero-order valence-electron chi connectivity index (χ0n) is 20.1. The number of nitrogen functional groups attached to an aromatic ring is 1. The molecule has 0 radical (unpaired) electrons. The lowest BCUT2D eigenvalue weighted by Gasteiger charge is -2.10. The first-order chi connectivity index (χ1) is 17.0. The second kappa shape index (κ2) is 11.9. The number of carbonyl (C=O) groups is 1. The highest BCUT2D eigenvalue weighted by atomic mass is 32.1. The molecular weight excluding hydrogens is 458 g/mol. The van der Waals surface area contributed by atoms with Gasteiger partial charge in [0.05, 0.1) is 23.8 Å². The van der Waals surface area contributed by atoms with E-state index in [0.717, 1.165) is 48.9 Å². The van der Waals surface area contributed by atoms with Crippen LogP contribution < -0.4 is 16.4 Å². The number of amides is 1. The monoisotopic (exact) mass is 489 g/mol. The van der Waals surface area contributed by atoms with Gasteiger partial charge in [0.2, 0.25) is 5.95 Å². The number of thiophene rings is 1. The zero-order valence-corrected chi connectivity index (χ0v) is 21.0. The minimum atomic E-state index is -0.0350. The number of fused-ring (bicyclic) bond motifs is 1. The van der Waals surface area contributed by atoms with Crippen LogP contribution in [-0.2, 0) is 11.2 Å². The fraction of sp³-hybridized carbons (Fsp3) is 0.296. The number of morpholine rings is 1. The number of nitrogens with two attached hydrogens (primary N) is 1. The number of nitrogens with zero attached hydrogens (tertiary/aromatic N) is 2. The van der Waals surface area contributed by atoms with E-state index in [0.29, 0.717) is 12.1 Å². The van der Waals surface area contributed by atoms with Crippen LogP contribution in [0.5, 0.6) is 0 Å². The number of benzene rings is 2. The molecule has 2 aromatic carbocycles. The SMILES string of the molecule is C1COCCN1.CCNC(=O)c1cccc(Cc2ccc3sc(-c4ccnc(N)n4)c(C)c3c2)c1. The van der Waals surface area contributed by atoms with Crippen molar-refractivity contribution in [2.75, 3.05) is 38.6 Å². The Bertz CT molecular complexity index is 1290. The normalized spacial score (nSPS) is 13.2. The van der Waals surface area contributed by atoms with E-state index < -0.39 is 0 Å². The minimum absolute atomic E-state index is 0.0350. The van der Waals surface area contributed by atoms with Crippen LogP contribution in [0.4, 0.5) is 5.95 Å². The Morgan fingerprint density at radius 1 is 1.14 bits per heavy atom. The summed E-state index contributed by atoms with van der Waals surface area (Å²) < 4.78 is 6.22. The predicted molar refractivity (Wildman–Crippen MR) is 143 cm³/mol. The number of hydrogen-bond donors (Lipinski definition) is 3. The summed E-state index contributed by atoms with van der Waals surface area (Å²) in [6.07, 6.45) is 2.46. The van der Waals surface area contributed by atoms with Gasteiger partial charge in [0.25, 0.3) is 5.91 Å². The van der Waals surface area contributed by atoms with E-state index in [1.807, 2.05) is 31.2 Å². The van der Waals surface area contributed by atoms with Gasteiger partial charge in [0.15, 0.2) is 0 Å². The Hall–Kier alpha value is -3.33. The Kier molecular flexibility index (Phi) is 8.41. The average molecular weight is 490 g/mol. The number of anilines is 1. The summed E-state index contributed by atoms with van der Waals surface area (Å²) in [5.74, 6) is 0.249. The predicted octanol–water partition coefficient (Wildman–Crippen LogP) is 4.20. The molecule has 182 valence electrons. The molecule has 4 N–H and O–H groups in total.